The Morgan fingerprint density at radius 2 is 1.45 bits per heavy atom. The Kier molecular flexibility index (Phi) is 16.2. The van der Waals surface area contributed by atoms with Crippen molar-refractivity contribution in [1.29, 1.82) is 0 Å². The molecule has 0 aliphatic rings. The van der Waals surface area contributed by atoms with E-state index in [1.807, 2.05) is 31.2 Å². The second kappa shape index (κ2) is 18.2. The van der Waals surface area contributed by atoms with Crippen LogP contribution < -0.4 is 5.32 Å². The van der Waals surface area contributed by atoms with Crippen LogP contribution >= 0.6 is 0 Å². The number of unbranched alkanes of at least 4 members (excludes halogenated alkanes) is 12. The van der Waals surface area contributed by atoms with E-state index in [1.165, 1.54) is 70.6 Å². The van der Waals surface area contributed by atoms with Crippen LogP contribution in [0.4, 0.5) is 0 Å². The topological polar surface area (TPSA) is 69.6 Å². The van der Waals surface area contributed by atoms with Gasteiger partial charge in [0.15, 0.2) is 0 Å². The summed E-state index contributed by atoms with van der Waals surface area (Å²) in [4.78, 5) is 12.3. The molecular formula is C27H47NO3. The molecule has 0 bridgehead atoms. The van der Waals surface area contributed by atoms with E-state index < -0.39 is 12.1 Å². The van der Waals surface area contributed by atoms with Gasteiger partial charge in [-0.15, -0.1) is 0 Å². The van der Waals surface area contributed by atoms with E-state index in [1.54, 1.807) is 0 Å². The van der Waals surface area contributed by atoms with Crippen LogP contribution in [-0.2, 0) is 11.2 Å². The molecule has 1 rings (SSSR count). The summed E-state index contributed by atoms with van der Waals surface area (Å²) in [5.41, 5.74) is 2.06. The number of carbonyl (C=O) groups excluding carboxylic acids is 1. The lowest BCUT2D eigenvalue weighted by Gasteiger charge is -2.22. The molecule has 2 atom stereocenters. The highest BCUT2D eigenvalue weighted by atomic mass is 16.3. The molecule has 0 aliphatic heterocycles. The Hall–Kier alpha value is -1.39. The van der Waals surface area contributed by atoms with Crippen molar-refractivity contribution < 1.29 is 15.0 Å². The maximum atomic E-state index is 12.3. The number of aliphatic hydroxyl groups is 2. The summed E-state index contributed by atoms with van der Waals surface area (Å²) < 4.78 is 0. The van der Waals surface area contributed by atoms with Gasteiger partial charge in [-0.3, -0.25) is 4.79 Å². The lowest BCUT2D eigenvalue weighted by Crippen LogP contribution is -2.46. The maximum absolute atomic E-state index is 12.3. The lowest BCUT2D eigenvalue weighted by molar-refractivity contribution is -0.122. The average molecular weight is 434 g/mol. The molecular weight excluding hydrogens is 386 g/mol. The van der Waals surface area contributed by atoms with Crippen molar-refractivity contribution in [2.45, 2.75) is 122 Å². The first-order chi connectivity index (χ1) is 15.1. The molecule has 1 amide bonds. The number of amides is 1. The van der Waals surface area contributed by atoms with E-state index in [4.69, 9.17) is 0 Å². The van der Waals surface area contributed by atoms with Crippen LogP contribution in [0.5, 0.6) is 0 Å². The molecule has 0 saturated carbocycles. The summed E-state index contributed by atoms with van der Waals surface area (Å²) in [6.07, 6.45) is 17.0. The summed E-state index contributed by atoms with van der Waals surface area (Å²) in [6.45, 7) is 4.02. The van der Waals surface area contributed by atoms with E-state index >= 15 is 0 Å². The zero-order valence-electron chi connectivity index (χ0n) is 20.1. The molecule has 4 nitrogen and oxygen atoms in total. The number of nitrogens with one attached hydrogen (secondary N) is 1. The fraction of sp³-hybridized carbons (Fsp3) is 0.741. The van der Waals surface area contributed by atoms with Crippen molar-refractivity contribution >= 4 is 5.91 Å². The standard InChI is InChI=1S/C27H47NO3/c1-3-4-5-6-7-8-9-10-11-12-13-14-15-19-26(30)25(22-29)28-27(31)21-24-18-16-17-23(2)20-24/h16-18,20,25-26,29-30H,3-15,19,21-22H2,1-2H3,(H,28,31). The lowest BCUT2D eigenvalue weighted by atomic mass is 10.0. The Balaban J connectivity index is 2.05. The van der Waals surface area contributed by atoms with Crippen molar-refractivity contribution in [1.82, 2.24) is 5.32 Å². The second-order valence-corrected chi connectivity index (χ2v) is 9.12. The molecule has 4 heteroatoms. The van der Waals surface area contributed by atoms with Gasteiger partial charge in [-0.05, 0) is 18.9 Å². The number of carbonyl (C=O) groups is 1. The number of hydrogen-bond donors (Lipinski definition) is 3. The van der Waals surface area contributed by atoms with Crippen molar-refractivity contribution in [2.75, 3.05) is 6.61 Å². The SMILES string of the molecule is CCCCCCCCCCCCCCCC(O)C(CO)NC(=O)Cc1cccc(C)c1. The molecule has 0 fully saturated rings. The molecule has 0 saturated heterocycles. The van der Waals surface area contributed by atoms with Crippen molar-refractivity contribution in [2.24, 2.45) is 0 Å². The molecule has 1 aromatic carbocycles. The van der Waals surface area contributed by atoms with E-state index in [0.717, 1.165) is 24.0 Å². The van der Waals surface area contributed by atoms with Crippen LogP contribution in [0.3, 0.4) is 0 Å². The summed E-state index contributed by atoms with van der Waals surface area (Å²) in [5.74, 6) is -0.158. The van der Waals surface area contributed by atoms with Crippen LogP contribution in [0.1, 0.15) is 108 Å². The number of benzene rings is 1. The third-order valence-corrected chi connectivity index (χ3v) is 6.06. The summed E-state index contributed by atoms with van der Waals surface area (Å²) in [7, 11) is 0. The van der Waals surface area contributed by atoms with Crippen LogP contribution in [-0.4, -0.2) is 34.9 Å². The fourth-order valence-electron chi connectivity index (χ4n) is 4.10. The molecule has 0 radical (unpaired) electrons. The number of aryl methyl sites for hydroxylation is 1. The van der Waals surface area contributed by atoms with Crippen LogP contribution in [0, 0.1) is 6.92 Å². The first kappa shape index (κ1) is 27.6. The van der Waals surface area contributed by atoms with Gasteiger partial charge >= 0.3 is 0 Å². The molecule has 1 aromatic rings. The Morgan fingerprint density at radius 1 is 0.903 bits per heavy atom. The first-order valence-corrected chi connectivity index (χ1v) is 12.7. The molecule has 0 aromatic heterocycles. The van der Waals surface area contributed by atoms with Gasteiger partial charge < -0.3 is 15.5 Å². The monoisotopic (exact) mass is 433 g/mol. The van der Waals surface area contributed by atoms with Gasteiger partial charge in [0.2, 0.25) is 5.91 Å². The van der Waals surface area contributed by atoms with Crippen molar-refractivity contribution in [3.05, 3.63) is 35.4 Å². The Labute approximate surface area is 190 Å². The van der Waals surface area contributed by atoms with Gasteiger partial charge in [0.1, 0.15) is 0 Å². The van der Waals surface area contributed by atoms with Gasteiger partial charge in [0.05, 0.1) is 25.2 Å². The van der Waals surface area contributed by atoms with Gasteiger partial charge in [-0.1, -0.05) is 120 Å². The minimum absolute atomic E-state index is 0.158. The van der Waals surface area contributed by atoms with Gasteiger partial charge in [-0.25, -0.2) is 0 Å². The molecule has 0 aliphatic carbocycles. The van der Waals surface area contributed by atoms with Gasteiger partial charge in [0, 0.05) is 0 Å². The third kappa shape index (κ3) is 14.3. The zero-order valence-corrected chi connectivity index (χ0v) is 20.1. The molecule has 0 spiro atoms. The van der Waals surface area contributed by atoms with Crippen molar-refractivity contribution in [3.8, 4) is 0 Å². The number of rotatable bonds is 19. The van der Waals surface area contributed by atoms with Crippen molar-refractivity contribution in [3.63, 3.8) is 0 Å². The Morgan fingerprint density at radius 3 is 1.97 bits per heavy atom. The smallest absolute Gasteiger partial charge is 0.224 e. The predicted molar refractivity (Wildman–Crippen MR) is 130 cm³/mol. The molecule has 2 unspecified atom stereocenters. The number of hydrogen-bond acceptors (Lipinski definition) is 3. The Bertz CT molecular complexity index is 575. The zero-order chi connectivity index (χ0) is 22.7. The van der Waals surface area contributed by atoms with Gasteiger partial charge in [0.25, 0.3) is 0 Å². The quantitative estimate of drug-likeness (QED) is 0.239. The summed E-state index contributed by atoms with van der Waals surface area (Å²) in [5, 5.41) is 22.7. The molecule has 31 heavy (non-hydrogen) atoms. The first-order valence-electron chi connectivity index (χ1n) is 12.7. The van der Waals surface area contributed by atoms with Crippen LogP contribution in [0.2, 0.25) is 0 Å². The highest BCUT2D eigenvalue weighted by Gasteiger charge is 2.20. The molecule has 3 N–H and O–H groups in total. The molecule has 178 valence electrons. The molecule has 0 heterocycles. The predicted octanol–water partition coefficient (Wildman–Crippen LogP) is 5.86. The third-order valence-electron chi connectivity index (χ3n) is 6.06. The van der Waals surface area contributed by atoms with Gasteiger partial charge in [-0.2, -0.15) is 0 Å². The number of aliphatic hydroxyl groups excluding tert-OH is 2. The highest BCUT2D eigenvalue weighted by Crippen LogP contribution is 2.14. The largest absolute Gasteiger partial charge is 0.394 e. The van der Waals surface area contributed by atoms with E-state index in [2.05, 4.69) is 12.2 Å². The van der Waals surface area contributed by atoms with Crippen LogP contribution in [0.15, 0.2) is 24.3 Å². The fourth-order valence-corrected chi connectivity index (χ4v) is 4.10. The maximum Gasteiger partial charge on any atom is 0.224 e. The average Bonchev–Trinajstić information content (AvgIpc) is 2.75. The minimum atomic E-state index is -0.695. The van der Waals surface area contributed by atoms with Crippen LogP contribution in [0.25, 0.3) is 0 Å². The normalized spacial score (nSPS) is 13.2. The minimum Gasteiger partial charge on any atom is -0.394 e. The van der Waals surface area contributed by atoms with E-state index in [0.29, 0.717) is 6.42 Å². The summed E-state index contributed by atoms with van der Waals surface area (Å²) in [6, 6.07) is 7.25. The van der Waals surface area contributed by atoms with E-state index in [9.17, 15) is 15.0 Å². The second-order valence-electron chi connectivity index (χ2n) is 9.12. The van der Waals surface area contributed by atoms with E-state index in [-0.39, 0.29) is 18.9 Å². The summed E-state index contributed by atoms with van der Waals surface area (Å²) >= 11 is 0. The highest BCUT2D eigenvalue weighted by molar-refractivity contribution is 5.79.